The molecular formula is C15H22N2O3S. The van der Waals surface area contributed by atoms with Gasteiger partial charge in [-0.25, -0.2) is 8.42 Å². The van der Waals surface area contributed by atoms with E-state index < -0.39 is 16.1 Å². The number of hydrogen-bond donors (Lipinski definition) is 1. The molecule has 5 nitrogen and oxygen atoms in total. The first kappa shape index (κ1) is 16.0. The molecule has 0 radical (unpaired) electrons. The summed E-state index contributed by atoms with van der Waals surface area (Å²) in [6.45, 7) is 2.49. The van der Waals surface area contributed by atoms with Gasteiger partial charge in [-0.05, 0) is 37.0 Å². The number of aryl methyl sites for hydroxylation is 1. The number of nitrogens with one attached hydrogen (secondary N) is 1. The van der Waals surface area contributed by atoms with Crippen molar-refractivity contribution in [2.24, 2.45) is 0 Å². The van der Waals surface area contributed by atoms with Crippen LogP contribution in [0, 0.1) is 0 Å². The molecule has 0 bridgehead atoms. The zero-order valence-corrected chi connectivity index (χ0v) is 13.3. The molecule has 1 aliphatic rings. The van der Waals surface area contributed by atoms with Gasteiger partial charge in [-0.3, -0.25) is 4.79 Å². The highest BCUT2D eigenvalue weighted by Crippen LogP contribution is 2.21. The van der Waals surface area contributed by atoms with Crippen molar-refractivity contribution in [1.29, 1.82) is 0 Å². The molecule has 0 aromatic heterocycles. The number of rotatable bonds is 4. The van der Waals surface area contributed by atoms with Crippen LogP contribution in [-0.2, 0) is 21.2 Å². The SMILES string of the molecule is CCc1ccc(NC(=O)C2CCCCN2S(C)(=O)=O)cc1. The second-order valence-electron chi connectivity index (χ2n) is 5.43. The zero-order valence-electron chi connectivity index (χ0n) is 12.5. The minimum absolute atomic E-state index is 0.246. The van der Waals surface area contributed by atoms with E-state index >= 15 is 0 Å². The smallest absolute Gasteiger partial charge is 0.242 e. The van der Waals surface area contributed by atoms with E-state index in [9.17, 15) is 13.2 Å². The van der Waals surface area contributed by atoms with Crippen LogP contribution in [0.5, 0.6) is 0 Å². The quantitative estimate of drug-likeness (QED) is 0.925. The van der Waals surface area contributed by atoms with E-state index in [0.717, 1.165) is 25.5 Å². The molecule has 6 heteroatoms. The van der Waals surface area contributed by atoms with Gasteiger partial charge in [0.1, 0.15) is 6.04 Å². The van der Waals surface area contributed by atoms with E-state index in [1.165, 1.54) is 9.87 Å². The summed E-state index contributed by atoms with van der Waals surface area (Å²) < 4.78 is 24.9. The molecule has 1 N–H and O–H groups in total. The van der Waals surface area contributed by atoms with Gasteiger partial charge in [-0.2, -0.15) is 4.31 Å². The Morgan fingerprint density at radius 1 is 1.29 bits per heavy atom. The molecule has 116 valence electrons. The summed E-state index contributed by atoms with van der Waals surface area (Å²) in [5, 5.41) is 2.82. The molecule has 1 aromatic carbocycles. The highest BCUT2D eigenvalue weighted by Gasteiger charge is 2.34. The normalized spacial score (nSPS) is 20.2. The Morgan fingerprint density at radius 3 is 2.52 bits per heavy atom. The van der Waals surface area contributed by atoms with E-state index in [0.29, 0.717) is 18.7 Å². The molecule has 1 fully saturated rings. The van der Waals surface area contributed by atoms with Gasteiger partial charge in [-0.1, -0.05) is 25.5 Å². The van der Waals surface area contributed by atoms with Crippen molar-refractivity contribution in [3.05, 3.63) is 29.8 Å². The largest absolute Gasteiger partial charge is 0.325 e. The molecule has 21 heavy (non-hydrogen) atoms. The maximum Gasteiger partial charge on any atom is 0.242 e. The zero-order chi connectivity index (χ0) is 15.5. The van der Waals surface area contributed by atoms with Gasteiger partial charge in [0.25, 0.3) is 0 Å². The van der Waals surface area contributed by atoms with Crippen molar-refractivity contribution >= 4 is 21.6 Å². The number of sulfonamides is 1. The van der Waals surface area contributed by atoms with Crippen LogP contribution in [0.25, 0.3) is 0 Å². The maximum atomic E-state index is 12.4. The maximum absolute atomic E-state index is 12.4. The minimum atomic E-state index is -3.35. The molecule has 0 spiro atoms. The number of amides is 1. The number of hydrogen-bond acceptors (Lipinski definition) is 3. The molecular weight excluding hydrogens is 288 g/mol. The van der Waals surface area contributed by atoms with Gasteiger partial charge in [0.05, 0.1) is 6.26 Å². The van der Waals surface area contributed by atoms with Gasteiger partial charge in [0.2, 0.25) is 15.9 Å². The lowest BCUT2D eigenvalue weighted by molar-refractivity contribution is -0.120. The first-order valence-corrected chi connectivity index (χ1v) is 9.13. The predicted octanol–water partition coefficient (Wildman–Crippen LogP) is 2.00. The van der Waals surface area contributed by atoms with Crippen LogP contribution in [0.3, 0.4) is 0 Å². The van der Waals surface area contributed by atoms with Crippen LogP contribution in [0.2, 0.25) is 0 Å². The Kier molecular flexibility index (Phi) is 5.00. The Morgan fingerprint density at radius 2 is 1.95 bits per heavy atom. The molecule has 2 rings (SSSR count). The van der Waals surface area contributed by atoms with Crippen molar-refractivity contribution in [2.75, 3.05) is 18.1 Å². The Bertz CT molecular complexity index is 596. The average molecular weight is 310 g/mol. The van der Waals surface area contributed by atoms with Crippen LogP contribution >= 0.6 is 0 Å². The Labute approximate surface area is 126 Å². The van der Waals surface area contributed by atoms with Crippen molar-refractivity contribution in [2.45, 2.75) is 38.6 Å². The van der Waals surface area contributed by atoms with Crippen molar-refractivity contribution in [3.8, 4) is 0 Å². The van der Waals surface area contributed by atoms with Crippen molar-refractivity contribution < 1.29 is 13.2 Å². The highest BCUT2D eigenvalue weighted by molar-refractivity contribution is 7.88. The molecule has 1 aliphatic heterocycles. The van der Waals surface area contributed by atoms with Crippen LogP contribution in [0.1, 0.15) is 31.7 Å². The number of piperidine rings is 1. The standard InChI is InChI=1S/C15H22N2O3S/c1-3-12-7-9-13(10-8-12)16-15(18)14-6-4-5-11-17(14)21(2,19)20/h7-10,14H,3-6,11H2,1-2H3,(H,16,18). The molecule has 1 heterocycles. The summed E-state index contributed by atoms with van der Waals surface area (Å²) in [4.78, 5) is 12.4. The van der Waals surface area contributed by atoms with Gasteiger partial charge in [-0.15, -0.1) is 0 Å². The monoisotopic (exact) mass is 310 g/mol. The number of benzene rings is 1. The highest BCUT2D eigenvalue weighted by atomic mass is 32.2. The summed E-state index contributed by atoms with van der Waals surface area (Å²) in [6.07, 6.45) is 4.36. The lowest BCUT2D eigenvalue weighted by Crippen LogP contribution is -2.49. The van der Waals surface area contributed by atoms with Crippen LogP contribution in [0.4, 0.5) is 5.69 Å². The van der Waals surface area contributed by atoms with Gasteiger partial charge < -0.3 is 5.32 Å². The third kappa shape index (κ3) is 4.04. The first-order chi connectivity index (χ1) is 9.91. The van der Waals surface area contributed by atoms with E-state index in [-0.39, 0.29) is 5.91 Å². The number of carbonyl (C=O) groups excluding carboxylic acids is 1. The molecule has 1 atom stereocenters. The lowest BCUT2D eigenvalue weighted by atomic mass is 10.0. The second-order valence-corrected chi connectivity index (χ2v) is 7.36. The van der Waals surface area contributed by atoms with Crippen LogP contribution in [-0.4, -0.2) is 37.5 Å². The number of carbonyl (C=O) groups is 1. The fourth-order valence-corrected chi connectivity index (χ4v) is 3.74. The molecule has 0 aliphatic carbocycles. The second kappa shape index (κ2) is 6.58. The molecule has 1 amide bonds. The third-order valence-electron chi connectivity index (χ3n) is 3.81. The average Bonchev–Trinajstić information content (AvgIpc) is 2.47. The van der Waals surface area contributed by atoms with E-state index in [2.05, 4.69) is 12.2 Å². The van der Waals surface area contributed by atoms with Crippen LogP contribution in [0.15, 0.2) is 24.3 Å². The summed E-state index contributed by atoms with van der Waals surface area (Å²) >= 11 is 0. The van der Waals surface area contributed by atoms with Gasteiger partial charge in [0.15, 0.2) is 0 Å². The van der Waals surface area contributed by atoms with Gasteiger partial charge in [0, 0.05) is 12.2 Å². The van der Waals surface area contributed by atoms with Gasteiger partial charge >= 0.3 is 0 Å². The lowest BCUT2D eigenvalue weighted by Gasteiger charge is -2.32. The Hall–Kier alpha value is -1.40. The third-order valence-corrected chi connectivity index (χ3v) is 5.10. The number of nitrogens with zero attached hydrogens (tertiary/aromatic N) is 1. The molecule has 0 saturated carbocycles. The van der Waals surface area contributed by atoms with E-state index in [1.807, 2.05) is 24.3 Å². The van der Waals surface area contributed by atoms with Crippen molar-refractivity contribution in [3.63, 3.8) is 0 Å². The fourth-order valence-electron chi connectivity index (χ4n) is 2.61. The van der Waals surface area contributed by atoms with E-state index in [1.54, 1.807) is 0 Å². The Balaban J connectivity index is 2.10. The topological polar surface area (TPSA) is 66.5 Å². The van der Waals surface area contributed by atoms with Crippen molar-refractivity contribution in [1.82, 2.24) is 4.31 Å². The molecule has 1 saturated heterocycles. The number of anilines is 1. The fraction of sp³-hybridized carbons (Fsp3) is 0.533. The summed E-state index contributed by atoms with van der Waals surface area (Å²) in [5.74, 6) is -0.246. The van der Waals surface area contributed by atoms with E-state index in [4.69, 9.17) is 0 Å². The summed E-state index contributed by atoms with van der Waals surface area (Å²) in [5.41, 5.74) is 1.90. The molecule has 1 unspecified atom stereocenters. The first-order valence-electron chi connectivity index (χ1n) is 7.28. The predicted molar refractivity (Wildman–Crippen MR) is 83.6 cm³/mol. The summed E-state index contributed by atoms with van der Waals surface area (Å²) in [6, 6.07) is 7.03. The minimum Gasteiger partial charge on any atom is -0.325 e. The van der Waals surface area contributed by atoms with Crippen LogP contribution < -0.4 is 5.32 Å². The molecule has 1 aromatic rings. The summed E-state index contributed by atoms with van der Waals surface area (Å²) in [7, 11) is -3.35.